The topological polar surface area (TPSA) is 67.4 Å². The van der Waals surface area contributed by atoms with Crippen molar-refractivity contribution in [2.24, 2.45) is 4.99 Å². The number of likely N-dealkylation sites (tertiary alicyclic amines) is 1. The Morgan fingerprint density at radius 1 is 1.30 bits per heavy atom. The summed E-state index contributed by atoms with van der Waals surface area (Å²) in [5, 5.41) is 6.90. The summed E-state index contributed by atoms with van der Waals surface area (Å²) in [5.41, 5.74) is 2.28. The average molecular weight is 419 g/mol. The van der Waals surface area contributed by atoms with E-state index in [1.54, 1.807) is 7.11 Å². The zero-order valence-electron chi connectivity index (χ0n) is 19.0. The van der Waals surface area contributed by atoms with Gasteiger partial charge in [0.2, 0.25) is 0 Å². The molecule has 2 N–H and O–H groups in total. The van der Waals surface area contributed by atoms with Crippen LogP contribution in [-0.4, -0.2) is 69.5 Å². The van der Waals surface area contributed by atoms with Crippen molar-refractivity contribution in [3.63, 3.8) is 0 Å². The minimum Gasteiger partial charge on any atom is -0.494 e. The van der Waals surface area contributed by atoms with E-state index in [-0.39, 0.29) is 6.10 Å². The number of guanidine groups is 1. The van der Waals surface area contributed by atoms with Crippen LogP contribution in [0.2, 0.25) is 0 Å². The Morgan fingerprint density at radius 2 is 2.17 bits per heavy atom. The molecular formula is C23H38N4O3. The number of benzene rings is 1. The molecule has 0 saturated carbocycles. The van der Waals surface area contributed by atoms with Gasteiger partial charge in [-0.3, -0.25) is 4.90 Å². The fraction of sp³-hybridized carbons (Fsp3) is 0.696. The van der Waals surface area contributed by atoms with Crippen molar-refractivity contribution in [2.75, 3.05) is 46.5 Å². The van der Waals surface area contributed by atoms with Gasteiger partial charge in [0.15, 0.2) is 5.96 Å². The number of fused-ring (bicyclic) bond motifs is 1. The lowest BCUT2D eigenvalue weighted by molar-refractivity contribution is 0.141. The van der Waals surface area contributed by atoms with Crippen molar-refractivity contribution < 1.29 is 14.2 Å². The summed E-state index contributed by atoms with van der Waals surface area (Å²) in [6.45, 7) is 12.0. The molecule has 0 aliphatic carbocycles. The normalized spacial score (nSPS) is 21.4. The minimum absolute atomic E-state index is 0.222. The number of aliphatic imine (C=N–C) groups is 1. The van der Waals surface area contributed by atoms with Gasteiger partial charge in [-0.15, -0.1) is 0 Å². The Morgan fingerprint density at radius 3 is 2.93 bits per heavy atom. The molecule has 1 aromatic rings. The van der Waals surface area contributed by atoms with Gasteiger partial charge in [0.25, 0.3) is 0 Å². The van der Waals surface area contributed by atoms with Crippen molar-refractivity contribution in [1.29, 1.82) is 0 Å². The number of rotatable bonds is 10. The van der Waals surface area contributed by atoms with E-state index < -0.39 is 0 Å². The van der Waals surface area contributed by atoms with Crippen LogP contribution < -0.4 is 20.1 Å². The Balaban J connectivity index is 1.65. The molecule has 0 radical (unpaired) electrons. The van der Waals surface area contributed by atoms with Gasteiger partial charge in [-0.1, -0.05) is 0 Å². The highest BCUT2D eigenvalue weighted by Gasteiger charge is 2.24. The maximum absolute atomic E-state index is 5.94. The molecule has 0 bridgehead atoms. The van der Waals surface area contributed by atoms with Gasteiger partial charge in [0, 0.05) is 50.3 Å². The van der Waals surface area contributed by atoms with Gasteiger partial charge in [-0.2, -0.15) is 0 Å². The van der Waals surface area contributed by atoms with E-state index in [0.717, 1.165) is 62.2 Å². The van der Waals surface area contributed by atoms with E-state index in [1.165, 1.54) is 18.4 Å². The smallest absolute Gasteiger partial charge is 0.191 e. The standard InChI is InChI=1S/C23H38N4O3/c1-5-24-23(26-16-20-8-7-9-27(20)10-11-28-4)25-15-19-14-22-18(12-17(3)30-22)13-21(19)29-6-2/h13-14,17,20H,5-12,15-16H2,1-4H3,(H2,24,25,26). The molecule has 7 heteroatoms. The summed E-state index contributed by atoms with van der Waals surface area (Å²) in [7, 11) is 1.76. The Labute approximate surface area is 181 Å². The van der Waals surface area contributed by atoms with Crippen molar-refractivity contribution in [3.8, 4) is 11.5 Å². The molecule has 168 valence electrons. The lowest BCUT2D eigenvalue weighted by atomic mass is 10.1. The number of ether oxygens (including phenoxy) is 3. The van der Waals surface area contributed by atoms with Crippen molar-refractivity contribution in [3.05, 3.63) is 23.3 Å². The highest BCUT2D eigenvalue weighted by atomic mass is 16.5. The molecule has 1 fully saturated rings. The Kier molecular flexibility index (Phi) is 8.63. The fourth-order valence-electron chi connectivity index (χ4n) is 4.24. The lowest BCUT2D eigenvalue weighted by Crippen LogP contribution is -2.45. The number of nitrogens with zero attached hydrogens (tertiary/aromatic N) is 2. The zero-order valence-corrected chi connectivity index (χ0v) is 19.0. The third kappa shape index (κ3) is 6.01. The fourth-order valence-corrected chi connectivity index (χ4v) is 4.24. The predicted octanol–water partition coefficient (Wildman–Crippen LogP) is 2.57. The summed E-state index contributed by atoms with van der Waals surface area (Å²) in [6.07, 6.45) is 3.61. The van der Waals surface area contributed by atoms with Gasteiger partial charge in [0.1, 0.15) is 17.6 Å². The Hall–Kier alpha value is -1.99. The molecular weight excluding hydrogens is 380 g/mol. The van der Waals surface area contributed by atoms with Gasteiger partial charge < -0.3 is 24.8 Å². The van der Waals surface area contributed by atoms with Crippen molar-refractivity contribution >= 4 is 5.96 Å². The first-order valence-electron chi connectivity index (χ1n) is 11.3. The molecule has 0 amide bonds. The van der Waals surface area contributed by atoms with Crippen LogP contribution in [0.4, 0.5) is 0 Å². The highest BCUT2D eigenvalue weighted by Crippen LogP contribution is 2.35. The summed E-state index contributed by atoms with van der Waals surface area (Å²) in [5.74, 6) is 2.72. The monoisotopic (exact) mass is 418 g/mol. The molecule has 2 unspecified atom stereocenters. The highest BCUT2D eigenvalue weighted by molar-refractivity contribution is 5.79. The second-order valence-corrected chi connectivity index (χ2v) is 8.03. The van der Waals surface area contributed by atoms with Gasteiger partial charge >= 0.3 is 0 Å². The van der Waals surface area contributed by atoms with Crippen LogP contribution in [-0.2, 0) is 17.7 Å². The number of hydrogen-bond donors (Lipinski definition) is 2. The van der Waals surface area contributed by atoms with Crippen LogP contribution >= 0.6 is 0 Å². The first kappa shape index (κ1) is 22.7. The number of methoxy groups -OCH3 is 1. The molecule has 3 rings (SSSR count). The predicted molar refractivity (Wildman–Crippen MR) is 121 cm³/mol. The maximum Gasteiger partial charge on any atom is 0.191 e. The van der Waals surface area contributed by atoms with Crippen LogP contribution in [0.3, 0.4) is 0 Å². The SMILES string of the molecule is CCNC(=NCc1cc2c(cc1OCC)CC(C)O2)NCC1CCCN1CCOC. The molecule has 2 heterocycles. The first-order valence-corrected chi connectivity index (χ1v) is 11.3. The molecule has 2 aliphatic rings. The quantitative estimate of drug-likeness (QED) is 0.450. The maximum atomic E-state index is 5.94. The van der Waals surface area contributed by atoms with Gasteiger partial charge in [0.05, 0.1) is 19.8 Å². The minimum atomic E-state index is 0.222. The van der Waals surface area contributed by atoms with Crippen LogP contribution in [0.1, 0.15) is 44.7 Å². The van der Waals surface area contributed by atoms with Crippen LogP contribution in [0.25, 0.3) is 0 Å². The van der Waals surface area contributed by atoms with Gasteiger partial charge in [-0.05, 0) is 52.3 Å². The zero-order chi connectivity index (χ0) is 21.3. The molecule has 1 aromatic carbocycles. The number of hydrogen-bond acceptors (Lipinski definition) is 5. The average Bonchev–Trinajstić information content (AvgIpc) is 3.33. The van der Waals surface area contributed by atoms with Crippen LogP contribution in [0.15, 0.2) is 17.1 Å². The van der Waals surface area contributed by atoms with E-state index in [0.29, 0.717) is 19.2 Å². The molecule has 7 nitrogen and oxygen atoms in total. The Bertz CT molecular complexity index is 710. The van der Waals surface area contributed by atoms with Crippen molar-refractivity contribution in [1.82, 2.24) is 15.5 Å². The summed E-state index contributed by atoms with van der Waals surface area (Å²) >= 11 is 0. The van der Waals surface area contributed by atoms with Gasteiger partial charge in [-0.25, -0.2) is 4.99 Å². The van der Waals surface area contributed by atoms with Crippen LogP contribution in [0, 0.1) is 0 Å². The van der Waals surface area contributed by atoms with E-state index in [4.69, 9.17) is 19.2 Å². The molecule has 0 spiro atoms. The summed E-state index contributed by atoms with van der Waals surface area (Å²) in [4.78, 5) is 7.34. The molecule has 0 aromatic heterocycles. The van der Waals surface area contributed by atoms with Crippen LogP contribution in [0.5, 0.6) is 11.5 Å². The summed E-state index contributed by atoms with van der Waals surface area (Å²) < 4.78 is 17.1. The van der Waals surface area contributed by atoms with Crippen molar-refractivity contribution in [2.45, 2.75) is 58.7 Å². The largest absolute Gasteiger partial charge is 0.494 e. The molecule has 2 atom stereocenters. The molecule has 2 aliphatic heterocycles. The van der Waals surface area contributed by atoms with E-state index in [9.17, 15) is 0 Å². The van der Waals surface area contributed by atoms with E-state index >= 15 is 0 Å². The van der Waals surface area contributed by atoms with E-state index in [1.807, 2.05) is 6.92 Å². The summed E-state index contributed by atoms with van der Waals surface area (Å²) in [6, 6.07) is 4.75. The third-order valence-corrected chi connectivity index (χ3v) is 5.72. The third-order valence-electron chi connectivity index (χ3n) is 5.72. The van der Waals surface area contributed by atoms with E-state index in [2.05, 4.69) is 41.5 Å². The molecule has 30 heavy (non-hydrogen) atoms. The number of nitrogens with one attached hydrogen (secondary N) is 2. The lowest BCUT2D eigenvalue weighted by Gasteiger charge is -2.25. The molecule has 1 saturated heterocycles. The second-order valence-electron chi connectivity index (χ2n) is 8.03. The second kappa shape index (κ2) is 11.4. The first-order chi connectivity index (χ1) is 14.6.